The van der Waals surface area contributed by atoms with Crippen LogP contribution in [0.2, 0.25) is 0 Å². The quantitative estimate of drug-likeness (QED) is 0.670. The van der Waals surface area contributed by atoms with E-state index in [1.807, 2.05) is 0 Å². The molecule has 0 amide bonds. The van der Waals surface area contributed by atoms with Crippen LogP contribution in [0, 0.1) is 0 Å². The van der Waals surface area contributed by atoms with Crippen LogP contribution >= 0.6 is 0 Å². The zero-order chi connectivity index (χ0) is 14.8. The number of aromatic nitrogens is 1. The fraction of sp³-hybridized carbons (Fsp3) is 0.200. The van der Waals surface area contributed by atoms with Gasteiger partial charge in [0.2, 0.25) is 0 Å². The summed E-state index contributed by atoms with van der Waals surface area (Å²) in [5.41, 5.74) is -4.57. The minimum atomic E-state index is -5.29. The van der Waals surface area contributed by atoms with Crippen molar-refractivity contribution in [2.75, 3.05) is 0 Å². The molecule has 0 atom stereocenters. The third kappa shape index (κ3) is 3.97. The summed E-state index contributed by atoms with van der Waals surface area (Å²) in [5, 5.41) is 8.27. The summed E-state index contributed by atoms with van der Waals surface area (Å²) >= 11 is 0. The van der Waals surface area contributed by atoms with Crippen molar-refractivity contribution in [3.63, 3.8) is 0 Å². The maximum atomic E-state index is 12.5. The van der Waals surface area contributed by atoms with Crippen molar-refractivity contribution < 1.29 is 36.2 Å². The second kappa shape index (κ2) is 4.90. The van der Waals surface area contributed by atoms with E-state index in [1.54, 1.807) is 0 Å². The number of pyridine rings is 1. The average molecular weight is 285 g/mol. The van der Waals surface area contributed by atoms with Gasteiger partial charge >= 0.3 is 18.3 Å². The van der Waals surface area contributed by atoms with E-state index in [9.17, 15) is 31.1 Å². The van der Waals surface area contributed by atoms with Gasteiger partial charge in [0.1, 0.15) is 0 Å². The molecule has 0 aliphatic rings. The molecule has 1 rings (SSSR count). The van der Waals surface area contributed by atoms with Gasteiger partial charge in [0, 0.05) is 6.08 Å². The van der Waals surface area contributed by atoms with Gasteiger partial charge in [0.25, 0.3) is 0 Å². The molecule has 3 nitrogen and oxygen atoms in total. The van der Waals surface area contributed by atoms with Crippen LogP contribution in [0.1, 0.15) is 17.0 Å². The van der Waals surface area contributed by atoms with Gasteiger partial charge in [-0.3, -0.25) is 0 Å². The van der Waals surface area contributed by atoms with Crippen molar-refractivity contribution in [1.29, 1.82) is 0 Å². The molecule has 0 aliphatic heterocycles. The molecule has 0 unspecified atom stereocenters. The molecule has 1 heterocycles. The molecule has 0 radical (unpaired) electrons. The number of hydrogen-bond donors (Lipinski definition) is 1. The Morgan fingerprint density at radius 2 is 1.68 bits per heavy atom. The number of halogens is 6. The molecular formula is C10H5F6NO2. The fourth-order valence-electron chi connectivity index (χ4n) is 1.17. The number of nitrogens with zero attached hydrogens (tertiary/aromatic N) is 1. The molecule has 0 fully saturated rings. The molecule has 19 heavy (non-hydrogen) atoms. The second-order valence-corrected chi connectivity index (χ2v) is 3.30. The summed E-state index contributed by atoms with van der Waals surface area (Å²) in [6.07, 6.45) is -9.36. The SMILES string of the molecule is O=C(O)/C=C/c1ccc(C(F)(F)F)c(C(F)(F)F)n1. The Morgan fingerprint density at radius 3 is 2.11 bits per heavy atom. The lowest BCUT2D eigenvalue weighted by molar-refractivity contribution is -0.164. The van der Waals surface area contributed by atoms with Crippen molar-refractivity contribution in [3.05, 3.63) is 35.2 Å². The standard InChI is InChI=1S/C10H5F6NO2/c11-9(12,13)6-3-1-5(2-4-7(18)19)17-8(6)10(14,15)16/h1-4H,(H,18,19)/b4-2+. The van der Waals surface area contributed by atoms with E-state index in [2.05, 4.69) is 4.98 Å². The van der Waals surface area contributed by atoms with Crippen LogP contribution < -0.4 is 0 Å². The van der Waals surface area contributed by atoms with Gasteiger partial charge in [0.15, 0.2) is 5.69 Å². The Morgan fingerprint density at radius 1 is 1.11 bits per heavy atom. The van der Waals surface area contributed by atoms with Gasteiger partial charge in [-0.1, -0.05) is 0 Å². The highest BCUT2D eigenvalue weighted by atomic mass is 19.4. The number of carboxylic acid groups (broad SMARTS) is 1. The molecule has 0 spiro atoms. The van der Waals surface area contributed by atoms with Crippen LogP contribution in [-0.4, -0.2) is 16.1 Å². The van der Waals surface area contributed by atoms with Gasteiger partial charge in [-0.25, -0.2) is 9.78 Å². The normalized spacial score (nSPS) is 12.9. The van der Waals surface area contributed by atoms with Gasteiger partial charge in [-0.05, 0) is 18.2 Å². The van der Waals surface area contributed by atoms with E-state index >= 15 is 0 Å². The third-order valence-corrected chi connectivity index (χ3v) is 1.89. The number of carbonyl (C=O) groups is 1. The third-order valence-electron chi connectivity index (χ3n) is 1.89. The highest BCUT2D eigenvalue weighted by Gasteiger charge is 2.44. The van der Waals surface area contributed by atoms with Crippen molar-refractivity contribution in [2.45, 2.75) is 12.4 Å². The van der Waals surface area contributed by atoms with Crippen LogP contribution in [0.3, 0.4) is 0 Å². The Bertz CT molecular complexity index is 518. The molecule has 0 bridgehead atoms. The van der Waals surface area contributed by atoms with Gasteiger partial charge in [-0.15, -0.1) is 0 Å². The number of carboxylic acids is 1. The molecule has 0 aromatic carbocycles. The Labute approximate surface area is 102 Å². The zero-order valence-electron chi connectivity index (χ0n) is 8.88. The van der Waals surface area contributed by atoms with Crippen molar-refractivity contribution >= 4 is 12.0 Å². The van der Waals surface area contributed by atoms with E-state index in [4.69, 9.17) is 5.11 Å². The minimum Gasteiger partial charge on any atom is -0.478 e. The number of rotatable bonds is 2. The minimum absolute atomic E-state index is 0.206. The van der Waals surface area contributed by atoms with Gasteiger partial charge in [0.05, 0.1) is 11.3 Å². The molecule has 104 valence electrons. The van der Waals surface area contributed by atoms with Crippen LogP contribution in [0.5, 0.6) is 0 Å². The zero-order valence-corrected chi connectivity index (χ0v) is 8.88. The van der Waals surface area contributed by atoms with Gasteiger partial charge in [-0.2, -0.15) is 26.3 Å². The first-order valence-corrected chi connectivity index (χ1v) is 4.58. The number of aliphatic carboxylic acids is 1. The van der Waals surface area contributed by atoms with E-state index in [0.29, 0.717) is 18.2 Å². The highest BCUT2D eigenvalue weighted by molar-refractivity contribution is 5.84. The van der Waals surface area contributed by atoms with E-state index < -0.39 is 35.3 Å². The molecule has 1 aromatic heterocycles. The van der Waals surface area contributed by atoms with Crippen LogP contribution in [0.25, 0.3) is 6.08 Å². The molecular weight excluding hydrogens is 280 g/mol. The number of alkyl halides is 6. The Balaban J connectivity index is 3.36. The summed E-state index contributed by atoms with van der Waals surface area (Å²) in [6.45, 7) is 0. The second-order valence-electron chi connectivity index (χ2n) is 3.30. The lowest BCUT2D eigenvalue weighted by Crippen LogP contribution is -2.18. The maximum Gasteiger partial charge on any atom is 0.433 e. The smallest absolute Gasteiger partial charge is 0.433 e. The molecule has 0 aliphatic carbocycles. The molecule has 1 aromatic rings. The summed E-state index contributed by atoms with van der Waals surface area (Å²) in [6, 6.07) is 0.856. The summed E-state index contributed by atoms with van der Waals surface area (Å²) in [7, 11) is 0. The summed E-state index contributed by atoms with van der Waals surface area (Å²) < 4.78 is 74.5. The van der Waals surface area contributed by atoms with Crippen molar-refractivity contribution in [3.8, 4) is 0 Å². The van der Waals surface area contributed by atoms with E-state index in [0.717, 1.165) is 0 Å². The first-order valence-electron chi connectivity index (χ1n) is 4.58. The number of hydrogen-bond acceptors (Lipinski definition) is 2. The maximum absolute atomic E-state index is 12.5. The first-order chi connectivity index (χ1) is 8.51. The highest BCUT2D eigenvalue weighted by Crippen LogP contribution is 2.39. The topological polar surface area (TPSA) is 50.2 Å². The van der Waals surface area contributed by atoms with Crippen LogP contribution in [0.4, 0.5) is 26.3 Å². The van der Waals surface area contributed by atoms with Crippen LogP contribution in [-0.2, 0) is 17.1 Å². The fourth-order valence-corrected chi connectivity index (χ4v) is 1.17. The lowest BCUT2D eigenvalue weighted by atomic mass is 10.1. The predicted molar refractivity (Wildman–Crippen MR) is 50.9 cm³/mol. The summed E-state index contributed by atoms with van der Waals surface area (Å²) in [5.74, 6) is -1.46. The van der Waals surface area contributed by atoms with Crippen molar-refractivity contribution in [2.24, 2.45) is 0 Å². The van der Waals surface area contributed by atoms with E-state index in [-0.39, 0.29) is 6.07 Å². The summed E-state index contributed by atoms with van der Waals surface area (Å²) in [4.78, 5) is 13.0. The molecule has 0 saturated heterocycles. The monoisotopic (exact) mass is 285 g/mol. The van der Waals surface area contributed by atoms with E-state index in [1.165, 1.54) is 0 Å². The lowest BCUT2D eigenvalue weighted by Gasteiger charge is -2.14. The Kier molecular flexibility index (Phi) is 3.87. The Hall–Kier alpha value is -2.06. The largest absolute Gasteiger partial charge is 0.478 e. The average Bonchev–Trinajstić information content (AvgIpc) is 2.23. The van der Waals surface area contributed by atoms with Crippen molar-refractivity contribution in [1.82, 2.24) is 4.98 Å². The van der Waals surface area contributed by atoms with Gasteiger partial charge < -0.3 is 5.11 Å². The molecule has 0 saturated carbocycles. The predicted octanol–water partition coefficient (Wildman–Crippen LogP) is 3.22. The molecule has 9 heteroatoms. The molecule has 1 N–H and O–H groups in total. The first kappa shape index (κ1) is 15.0. The van der Waals surface area contributed by atoms with Crippen LogP contribution in [0.15, 0.2) is 18.2 Å².